The first-order chi connectivity index (χ1) is 12.1. The van der Waals surface area contributed by atoms with Gasteiger partial charge in [0, 0.05) is 25.1 Å². The number of nitrogens with one attached hydrogen (secondary N) is 1. The Labute approximate surface area is 148 Å². The molecule has 0 radical (unpaired) electrons. The van der Waals surface area contributed by atoms with Crippen LogP contribution in [0.4, 0.5) is 0 Å². The molecule has 1 heterocycles. The van der Waals surface area contributed by atoms with Crippen molar-refractivity contribution in [2.75, 3.05) is 0 Å². The summed E-state index contributed by atoms with van der Waals surface area (Å²) in [5.74, 6) is 0.995. The average Bonchev–Trinajstić information content (AvgIpc) is 2.96. The van der Waals surface area contributed by atoms with Crippen LogP contribution < -0.4 is 5.32 Å². The number of carbonyl (C=O) groups excluding carboxylic acids is 1. The summed E-state index contributed by atoms with van der Waals surface area (Å²) in [7, 11) is 2.01. The molecule has 0 spiro atoms. The maximum atomic E-state index is 12.5. The van der Waals surface area contributed by atoms with Crippen LogP contribution >= 0.6 is 0 Å². The minimum Gasteiger partial charge on any atom is -0.350 e. The van der Waals surface area contributed by atoms with Crippen molar-refractivity contribution in [3.63, 3.8) is 0 Å². The Morgan fingerprint density at radius 2 is 1.96 bits per heavy atom. The lowest BCUT2D eigenvalue weighted by Gasteiger charge is -2.14. The molecule has 0 unspecified atom stereocenters. The van der Waals surface area contributed by atoms with E-state index in [1.54, 1.807) is 0 Å². The first-order valence-electron chi connectivity index (χ1n) is 8.88. The zero-order chi connectivity index (χ0) is 17.8. The summed E-state index contributed by atoms with van der Waals surface area (Å²) in [6.07, 6.45) is 2.76. The van der Waals surface area contributed by atoms with Crippen LogP contribution in [-0.4, -0.2) is 21.5 Å². The van der Waals surface area contributed by atoms with Crippen molar-refractivity contribution in [2.24, 2.45) is 7.05 Å². The van der Waals surface area contributed by atoms with Gasteiger partial charge >= 0.3 is 0 Å². The number of amides is 1. The molecule has 0 saturated carbocycles. The van der Waals surface area contributed by atoms with E-state index in [-0.39, 0.29) is 11.9 Å². The van der Waals surface area contributed by atoms with E-state index < -0.39 is 0 Å². The van der Waals surface area contributed by atoms with Crippen LogP contribution in [0.3, 0.4) is 0 Å². The van der Waals surface area contributed by atoms with E-state index in [0.29, 0.717) is 5.56 Å². The molecular formula is C21H25N3O. The number of rotatable bonds is 6. The molecule has 1 N–H and O–H groups in total. The van der Waals surface area contributed by atoms with Crippen LogP contribution in [-0.2, 0) is 19.9 Å². The zero-order valence-corrected chi connectivity index (χ0v) is 15.1. The molecule has 3 rings (SSSR count). The van der Waals surface area contributed by atoms with Gasteiger partial charge in [0.05, 0.1) is 11.0 Å². The molecule has 0 aliphatic heterocycles. The predicted molar refractivity (Wildman–Crippen MR) is 102 cm³/mol. The molecule has 1 atom stereocenters. The van der Waals surface area contributed by atoms with E-state index >= 15 is 0 Å². The van der Waals surface area contributed by atoms with Crippen LogP contribution in [0.15, 0.2) is 48.5 Å². The summed E-state index contributed by atoms with van der Waals surface area (Å²) in [6.45, 7) is 4.14. The average molecular weight is 335 g/mol. The fourth-order valence-electron chi connectivity index (χ4n) is 3.11. The lowest BCUT2D eigenvalue weighted by Crippen LogP contribution is -2.32. The number of fused-ring (bicyclic) bond motifs is 1. The molecule has 130 valence electrons. The Hall–Kier alpha value is -2.62. The minimum atomic E-state index is -0.0360. The Morgan fingerprint density at radius 3 is 2.68 bits per heavy atom. The number of aromatic nitrogens is 2. The van der Waals surface area contributed by atoms with Crippen LogP contribution in [0.1, 0.15) is 42.0 Å². The third-order valence-corrected chi connectivity index (χ3v) is 4.64. The predicted octanol–water partition coefficient (Wildman–Crippen LogP) is 3.89. The summed E-state index contributed by atoms with van der Waals surface area (Å²) in [4.78, 5) is 17.1. The van der Waals surface area contributed by atoms with Crippen LogP contribution in [0.25, 0.3) is 11.0 Å². The normalized spacial score (nSPS) is 12.3. The molecule has 0 aliphatic rings. The van der Waals surface area contributed by atoms with E-state index in [1.165, 1.54) is 5.56 Å². The number of aryl methyl sites for hydroxylation is 3. The van der Waals surface area contributed by atoms with Crippen molar-refractivity contribution in [1.29, 1.82) is 0 Å². The van der Waals surface area contributed by atoms with Crippen molar-refractivity contribution in [2.45, 2.75) is 39.2 Å². The SMILES string of the molecule is CCc1nc2cc(C(=O)N[C@@H](C)CCc3ccccc3)ccc2n1C. The largest absolute Gasteiger partial charge is 0.350 e. The third-order valence-electron chi connectivity index (χ3n) is 4.64. The van der Waals surface area contributed by atoms with Crippen molar-refractivity contribution in [1.82, 2.24) is 14.9 Å². The number of nitrogens with zero attached hydrogens (tertiary/aromatic N) is 2. The molecule has 2 aromatic carbocycles. The minimum absolute atomic E-state index is 0.0360. The van der Waals surface area contributed by atoms with Gasteiger partial charge in [-0.15, -0.1) is 0 Å². The van der Waals surface area contributed by atoms with Crippen LogP contribution in [0.5, 0.6) is 0 Å². The van der Waals surface area contributed by atoms with E-state index in [0.717, 1.165) is 36.1 Å². The maximum absolute atomic E-state index is 12.5. The fraction of sp³-hybridized carbons (Fsp3) is 0.333. The number of carbonyl (C=O) groups is 1. The standard InChI is InChI=1S/C21H25N3O/c1-4-20-23-18-14-17(12-13-19(18)24(20)3)21(25)22-15(2)10-11-16-8-6-5-7-9-16/h5-9,12-15H,4,10-11H2,1-3H3,(H,22,25)/t15-/m0/s1. The molecule has 4 nitrogen and oxygen atoms in total. The molecule has 25 heavy (non-hydrogen) atoms. The van der Waals surface area contributed by atoms with Gasteiger partial charge in [0.1, 0.15) is 5.82 Å². The summed E-state index contributed by atoms with van der Waals surface area (Å²) in [6, 6.07) is 16.2. The zero-order valence-electron chi connectivity index (χ0n) is 15.1. The highest BCUT2D eigenvalue weighted by Crippen LogP contribution is 2.17. The molecular weight excluding hydrogens is 310 g/mol. The molecule has 0 fully saturated rings. The lowest BCUT2D eigenvalue weighted by atomic mass is 10.1. The highest BCUT2D eigenvalue weighted by Gasteiger charge is 2.13. The molecule has 3 aromatic rings. The third kappa shape index (κ3) is 3.90. The highest BCUT2D eigenvalue weighted by atomic mass is 16.1. The topological polar surface area (TPSA) is 46.9 Å². The Bertz CT molecular complexity index is 867. The maximum Gasteiger partial charge on any atom is 0.251 e. The number of hydrogen-bond donors (Lipinski definition) is 1. The first kappa shape index (κ1) is 17.2. The van der Waals surface area contributed by atoms with E-state index in [2.05, 4.69) is 40.8 Å². The molecule has 1 aromatic heterocycles. The highest BCUT2D eigenvalue weighted by molar-refractivity contribution is 5.97. The van der Waals surface area contributed by atoms with Gasteiger partial charge in [-0.3, -0.25) is 4.79 Å². The second kappa shape index (κ2) is 7.51. The van der Waals surface area contributed by atoms with E-state index in [1.807, 2.05) is 43.4 Å². The molecule has 0 saturated heterocycles. The lowest BCUT2D eigenvalue weighted by molar-refractivity contribution is 0.0938. The fourth-order valence-corrected chi connectivity index (χ4v) is 3.11. The van der Waals surface area contributed by atoms with Crippen molar-refractivity contribution >= 4 is 16.9 Å². The summed E-state index contributed by atoms with van der Waals surface area (Å²) >= 11 is 0. The van der Waals surface area contributed by atoms with Crippen molar-refractivity contribution in [3.8, 4) is 0 Å². The van der Waals surface area contributed by atoms with Gasteiger partial charge in [0.2, 0.25) is 0 Å². The van der Waals surface area contributed by atoms with Crippen molar-refractivity contribution < 1.29 is 4.79 Å². The van der Waals surface area contributed by atoms with Crippen LogP contribution in [0, 0.1) is 0 Å². The Kier molecular flexibility index (Phi) is 5.17. The van der Waals surface area contributed by atoms with Crippen LogP contribution in [0.2, 0.25) is 0 Å². The molecule has 0 bridgehead atoms. The molecule has 4 heteroatoms. The van der Waals surface area contributed by atoms with Gasteiger partial charge in [0.15, 0.2) is 0 Å². The van der Waals surface area contributed by atoms with E-state index in [9.17, 15) is 4.79 Å². The molecule has 1 amide bonds. The van der Waals surface area contributed by atoms with Gasteiger partial charge in [-0.2, -0.15) is 0 Å². The second-order valence-corrected chi connectivity index (χ2v) is 6.54. The van der Waals surface area contributed by atoms with Gasteiger partial charge < -0.3 is 9.88 Å². The van der Waals surface area contributed by atoms with Crippen molar-refractivity contribution in [3.05, 3.63) is 65.5 Å². The summed E-state index contributed by atoms with van der Waals surface area (Å²) < 4.78 is 2.08. The Morgan fingerprint density at radius 1 is 1.20 bits per heavy atom. The smallest absolute Gasteiger partial charge is 0.251 e. The van der Waals surface area contributed by atoms with Gasteiger partial charge in [-0.25, -0.2) is 4.98 Å². The monoisotopic (exact) mass is 335 g/mol. The van der Waals surface area contributed by atoms with Gasteiger partial charge in [-0.05, 0) is 43.5 Å². The number of hydrogen-bond acceptors (Lipinski definition) is 2. The second-order valence-electron chi connectivity index (χ2n) is 6.54. The number of benzene rings is 2. The van der Waals surface area contributed by atoms with E-state index in [4.69, 9.17) is 0 Å². The summed E-state index contributed by atoms with van der Waals surface area (Å²) in [5.41, 5.74) is 3.90. The Balaban J connectivity index is 1.65. The quantitative estimate of drug-likeness (QED) is 0.743. The summed E-state index contributed by atoms with van der Waals surface area (Å²) in [5, 5.41) is 3.09. The van der Waals surface area contributed by atoms with Gasteiger partial charge in [0.25, 0.3) is 5.91 Å². The first-order valence-corrected chi connectivity index (χ1v) is 8.88. The van der Waals surface area contributed by atoms with Gasteiger partial charge in [-0.1, -0.05) is 37.3 Å². The molecule has 0 aliphatic carbocycles. The number of imidazole rings is 1.